The molecule has 0 radical (unpaired) electrons. The third kappa shape index (κ3) is 6.01. The van der Waals surface area contributed by atoms with E-state index in [9.17, 15) is 9.59 Å². The highest BCUT2D eigenvalue weighted by atomic mass is 16.5. The second-order valence-corrected chi connectivity index (χ2v) is 7.05. The van der Waals surface area contributed by atoms with E-state index in [1.165, 1.54) is 0 Å². The predicted octanol–water partition coefficient (Wildman–Crippen LogP) is 1.42. The zero-order valence-corrected chi connectivity index (χ0v) is 17.0. The summed E-state index contributed by atoms with van der Waals surface area (Å²) in [6.45, 7) is 5.16. The lowest BCUT2D eigenvalue weighted by atomic mass is 10.2. The van der Waals surface area contributed by atoms with Crippen LogP contribution in [0.1, 0.15) is 32.0 Å². The van der Waals surface area contributed by atoms with E-state index >= 15 is 0 Å². The smallest absolute Gasteiger partial charge is 0.249 e. The topological polar surface area (TPSA) is 94.5 Å². The fourth-order valence-corrected chi connectivity index (χ4v) is 3.43. The lowest BCUT2D eigenvalue weighted by Crippen LogP contribution is -2.35. The van der Waals surface area contributed by atoms with Gasteiger partial charge in [-0.25, -0.2) is 4.98 Å². The van der Waals surface area contributed by atoms with Gasteiger partial charge >= 0.3 is 0 Å². The number of amides is 2. The molecule has 0 saturated carbocycles. The molecule has 2 heterocycles. The number of hydrogen-bond donors (Lipinski definition) is 2. The Bertz CT molecular complexity index is 814. The van der Waals surface area contributed by atoms with Crippen molar-refractivity contribution in [3.8, 4) is 0 Å². The number of fused-ring (bicyclic) bond motifs is 1. The first-order valence-electron chi connectivity index (χ1n) is 10.4. The first-order valence-corrected chi connectivity index (χ1v) is 10.4. The fraction of sp³-hybridized carbons (Fsp3) is 0.571. The lowest BCUT2D eigenvalue weighted by Gasteiger charge is -2.12. The molecule has 158 valence electrons. The Morgan fingerprint density at radius 2 is 2.14 bits per heavy atom. The summed E-state index contributed by atoms with van der Waals surface area (Å²) in [7, 11) is 0. The highest BCUT2D eigenvalue weighted by molar-refractivity contribution is 5.82. The van der Waals surface area contributed by atoms with Gasteiger partial charge in [0.25, 0.3) is 0 Å². The summed E-state index contributed by atoms with van der Waals surface area (Å²) in [4.78, 5) is 29.2. The van der Waals surface area contributed by atoms with E-state index in [1.807, 2.05) is 35.8 Å². The van der Waals surface area contributed by atoms with E-state index < -0.39 is 0 Å². The number of ether oxygens (including phenoxy) is 2. The van der Waals surface area contributed by atoms with Crippen LogP contribution >= 0.6 is 0 Å². The number of hydrogen-bond acceptors (Lipinski definition) is 5. The van der Waals surface area contributed by atoms with Crippen LogP contribution in [0.15, 0.2) is 24.3 Å². The summed E-state index contributed by atoms with van der Waals surface area (Å²) in [6.07, 6.45) is 2.69. The number of aromatic nitrogens is 2. The molecule has 1 saturated heterocycles. The van der Waals surface area contributed by atoms with Crippen molar-refractivity contribution in [2.24, 2.45) is 0 Å². The summed E-state index contributed by atoms with van der Waals surface area (Å²) in [6, 6.07) is 7.75. The number of nitrogens with one attached hydrogen (secondary N) is 2. The maximum absolute atomic E-state index is 12.4. The zero-order valence-electron chi connectivity index (χ0n) is 17.0. The molecular formula is C21H30N4O4. The third-order valence-corrected chi connectivity index (χ3v) is 4.90. The van der Waals surface area contributed by atoms with Crippen LogP contribution in [-0.4, -0.2) is 60.4 Å². The van der Waals surface area contributed by atoms with E-state index in [4.69, 9.17) is 9.47 Å². The van der Waals surface area contributed by atoms with E-state index in [0.29, 0.717) is 39.3 Å². The molecule has 8 nitrogen and oxygen atoms in total. The molecule has 0 aliphatic carbocycles. The molecule has 1 aromatic heterocycles. The van der Waals surface area contributed by atoms with Crippen molar-refractivity contribution < 1.29 is 19.1 Å². The van der Waals surface area contributed by atoms with Crippen molar-refractivity contribution in [1.29, 1.82) is 0 Å². The van der Waals surface area contributed by atoms with Crippen LogP contribution in [0.4, 0.5) is 0 Å². The molecule has 2 N–H and O–H groups in total. The van der Waals surface area contributed by atoms with Crippen LogP contribution in [-0.2, 0) is 32.0 Å². The van der Waals surface area contributed by atoms with Gasteiger partial charge in [-0.15, -0.1) is 0 Å². The van der Waals surface area contributed by atoms with Crippen molar-refractivity contribution >= 4 is 22.8 Å². The molecule has 1 aliphatic rings. The van der Waals surface area contributed by atoms with E-state index in [2.05, 4.69) is 15.6 Å². The molecule has 2 amide bonds. The Kier molecular flexibility index (Phi) is 8.01. The molecule has 1 aromatic carbocycles. The van der Waals surface area contributed by atoms with Gasteiger partial charge < -0.3 is 24.7 Å². The number of para-hydroxylation sites is 2. The number of rotatable bonds is 11. The quantitative estimate of drug-likeness (QED) is 0.555. The monoisotopic (exact) mass is 402 g/mol. The van der Waals surface area contributed by atoms with Crippen LogP contribution in [0.5, 0.6) is 0 Å². The van der Waals surface area contributed by atoms with Crippen LogP contribution < -0.4 is 10.6 Å². The first kappa shape index (κ1) is 21.3. The highest BCUT2D eigenvalue weighted by Crippen LogP contribution is 2.16. The number of benzene rings is 1. The van der Waals surface area contributed by atoms with Gasteiger partial charge in [-0.3, -0.25) is 9.59 Å². The van der Waals surface area contributed by atoms with Gasteiger partial charge in [-0.1, -0.05) is 12.1 Å². The summed E-state index contributed by atoms with van der Waals surface area (Å²) < 4.78 is 12.6. The average Bonchev–Trinajstić information content (AvgIpc) is 3.37. The summed E-state index contributed by atoms with van der Waals surface area (Å²) in [5, 5.41) is 5.85. The number of imidazole rings is 1. The van der Waals surface area contributed by atoms with Crippen LogP contribution in [0.3, 0.4) is 0 Å². The molecule has 1 aliphatic heterocycles. The predicted molar refractivity (Wildman–Crippen MR) is 110 cm³/mol. The third-order valence-electron chi connectivity index (χ3n) is 4.90. The Balaban J connectivity index is 1.58. The summed E-state index contributed by atoms with van der Waals surface area (Å²) >= 11 is 0. The molecule has 1 unspecified atom stereocenters. The molecule has 29 heavy (non-hydrogen) atoms. The number of nitrogens with zero attached hydrogens (tertiary/aromatic N) is 2. The van der Waals surface area contributed by atoms with Crippen molar-refractivity contribution in [3.63, 3.8) is 0 Å². The molecule has 3 rings (SSSR count). The van der Waals surface area contributed by atoms with Crippen LogP contribution in [0.2, 0.25) is 0 Å². The maximum Gasteiger partial charge on any atom is 0.249 e. The van der Waals surface area contributed by atoms with Crippen molar-refractivity contribution in [2.45, 2.75) is 45.3 Å². The Morgan fingerprint density at radius 1 is 1.28 bits per heavy atom. The minimum atomic E-state index is -0.337. The van der Waals surface area contributed by atoms with E-state index in [1.54, 1.807) is 0 Å². The fourth-order valence-electron chi connectivity index (χ4n) is 3.43. The normalized spacial score (nSPS) is 16.2. The molecular weight excluding hydrogens is 372 g/mol. The number of carbonyl (C=O) groups is 2. The van der Waals surface area contributed by atoms with E-state index in [0.717, 1.165) is 36.1 Å². The second kappa shape index (κ2) is 10.9. The van der Waals surface area contributed by atoms with Gasteiger partial charge in [0.15, 0.2) is 0 Å². The van der Waals surface area contributed by atoms with Gasteiger partial charge in [0.05, 0.1) is 11.0 Å². The second-order valence-electron chi connectivity index (χ2n) is 7.05. The molecule has 2 aromatic rings. The van der Waals surface area contributed by atoms with Gasteiger partial charge in [-0.05, 0) is 38.3 Å². The molecule has 0 spiro atoms. The zero-order chi connectivity index (χ0) is 20.5. The minimum absolute atomic E-state index is 0.0608. The minimum Gasteiger partial charge on any atom is -0.382 e. The van der Waals surface area contributed by atoms with Crippen molar-refractivity contribution in [3.05, 3.63) is 30.1 Å². The summed E-state index contributed by atoms with van der Waals surface area (Å²) in [5.74, 6) is 0.648. The Morgan fingerprint density at radius 3 is 2.93 bits per heavy atom. The van der Waals surface area contributed by atoms with Gasteiger partial charge in [0, 0.05) is 39.3 Å². The van der Waals surface area contributed by atoms with Gasteiger partial charge in [0.1, 0.15) is 18.5 Å². The van der Waals surface area contributed by atoms with E-state index in [-0.39, 0.29) is 24.5 Å². The van der Waals surface area contributed by atoms with Gasteiger partial charge in [0.2, 0.25) is 11.8 Å². The molecule has 8 heteroatoms. The summed E-state index contributed by atoms with van der Waals surface area (Å²) in [5.41, 5.74) is 1.76. The van der Waals surface area contributed by atoms with Gasteiger partial charge in [-0.2, -0.15) is 0 Å². The standard InChI is InChI=1S/C21H30N4O4/c1-2-28-13-6-11-22-20(26)15-25-17-8-4-3-7-16(17)24-19(25)10-12-23-21(27)18-9-5-14-29-18/h3-4,7-8,18H,2,5-6,9-15H2,1H3,(H,22,26)(H,23,27). The number of carbonyl (C=O) groups excluding carboxylic acids is 2. The largest absolute Gasteiger partial charge is 0.382 e. The molecule has 0 bridgehead atoms. The highest BCUT2D eigenvalue weighted by Gasteiger charge is 2.23. The first-order chi connectivity index (χ1) is 14.2. The lowest BCUT2D eigenvalue weighted by molar-refractivity contribution is -0.130. The Labute approximate surface area is 171 Å². The van der Waals surface area contributed by atoms with Crippen LogP contribution in [0.25, 0.3) is 11.0 Å². The SMILES string of the molecule is CCOCCCNC(=O)Cn1c(CCNC(=O)C2CCCO2)nc2ccccc21. The maximum atomic E-state index is 12.4. The molecule has 1 fully saturated rings. The van der Waals surface area contributed by atoms with Crippen LogP contribution in [0, 0.1) is 0 Å². The Hall–Kier alpha value is -2.45. The van der Waals surface area contributed by atoms with Crippen molar-refractivity contribution in [1.82, 2.24) is 20.2 Å². The van der Waals surface area contributed by atoms with Crippen molar-refractivity contribution in [2.75, 3.05) is 32.9 Å². The average molecular weight is 402 g/mol. The molecule has 1 atom stereocenters.